The van der Waals surface area contributed by atoms with Crippen LogP contribution in [0.5, 0.6) is 0 Å². The smallest absolute Gasteiger partial charge is 0.185 e. The van der Waals surface area contributed by atoms with Gasteiger partial charge in [-0.15, -0.1) is 11.3 Å². The maximum Gasteiger partial charge on any atom is 0.185 e. The largest absolute Gasteiger partial charge is 0.378 e. The number of hydrogen-bond acceptors (Lipinski definition) is 5. The lowest BCUT2D eigenvalue weighted by Gasteiger charge is -2.26. The van der Waals surface area contributed by atoms with Crippen LogP contribution in [0, 0.1) is 0 Å². The summed E-state index contributed by atoms with van der Waals surface area (Å²) < 4.78 is 5.40. The Labute approximate surface area is 120 Å². The van der Waals surface area contributed by atoms with Crippen molar-refractivity contribution in [2.75, 3.05) is 31.2 Å². The molecule has 1 aliphatic rings. The number of nitrogens with zero attached hydrogens (tertiary/aromatic N) is 2. The molecule has 2 rings (SSSR count). The van der Waals surface area contributed by atoms with Crippen LogP contribution >= 0.6 is 11.3 Å². The molecule has 0 aliphatic carbocycles. The van der Waals surface area contributed by atoms with Crippen molar-refractivity contribution in [1.29, 1.82) is 0 Å². The summed E-state index contributed by atoms with van der Waals surface area (Å²) in [4.78, 5) is 8.52. The van der Waals surface area contributed by atoms with Crippen LogP contribution in [-0.4, -0.2) is 36.8 Å². The molecule has 0 amide bonds. The van der Waals surface area contributed by atoms with Crippen molar-refractivity contribution < 1.29 is 4.74 Å². The van der Waals surface area contributed by atoms with Crippen LogP contribution in [-0.2, 0) is 17.7 Å². The highest BCUT2D eigenvalue weighted by atomic mass is 32.1. The zero-order chi connectivity index (χ0) is 13.9. The van der Waals surface area contributed by atoms with Crippen molar-refractivity contribution in [2.45, 2.75) is 46.2 Å². The molecule has 1 fully saturated rings. The normalized spacial score (nSPS) is 16.9. The number of nitrogens with one attached hydrogen (secondary N) is 1. The van der Waals surface area contributed by atoms with Gasteiger partial charge in [-0.1, -0.05) is 6.92 Å². The number of morpholine rings is 1. The minimum atomic E-state index is 0.147. The Morgan fingerprint density at radius 3 is 2.58 bits per heavy atom. The molecule has 2 heterocycles. The fraction of sp³-hybridized carbons (Fsp3) is 0.786. The molecule has 0 radical (unpaired) electrons. The highest BCUT2D eigenvalue weighted by molar-refractivity contribution is 7.15. The SMILES string of the molecule is CCc1nc(N2CCOCC2)sc1CNC(C)(C)C. The molecule has 0 atom stereocenters. The van der Waals surface area contributed by atoms with E-state index in [4.69, 9.17) is 9.72 Å². The van der Waals surface area contributed by atoms with Crippen molar-refractivity contribution in [3.05, 3.63) is 10.6 Å². The number of anilines is 1. The molecule has 1 aromatic rings. The summed E-state index contributed by atoms with van der Waals surface area (Å²) in [6.45, 7) is 13.2. The van der Waals surface area contributed by atoms with E-state index in [-0.39, 0.29) is 5.54 Å². The lowest BCUT2D eigenvalue weighted by Crippen LogP contribution is -2.36. The third kappa shape index (κ3) is 4.16. The van der Waals surface area contributed by atoms with E-state index in [1.54, 1.807) is 0 Å². The van der Waals surface area contributed by atoms with Crippen LogP contribution in [0.4, 0.5) is 5.13 Å². The molecule has 1 aliphatic heterocycles. The van der Waals surface area contributed by atoms with Gasteiger partial charge in [0.2, 0.25) is 0 Å². The van der Waals surface area contributed by atoms with E-state index in [2.05, 4.69) is 37.9 Å². The van der Waals surface area contributed by atoms with Crippen LogP contribution in [0.3, 0.4) is 0 Å². The van der Waals surface area contributed by atoms with E-state index >= 15 is 0 Å². The monoisotopic (exact) mass is 283 g/mol. The number of hydrogen-bond donors (Lipinski definition) is 1. The highest BCUT2D eigenvalue weighted by Crippen LogP contribution is 2.27. The molecule has 108 valence electrons. The Kier molecular flexibility index (Phi) is 4.81. The molecule has 4 nitrogen and oxygen atoms in total. The van der Waals surface area contributed by atoms with Gasteiger partial charge in [-0.2, -0.15) is 0 Å². The number of thiazole rings is 1. The maximum atomic E-state index is 5.40. The van der Waals surface area contributed by atoms with Crippen LogP contribution in [0.15, 0.2) is 0 Å². The minimum absolute atomic E-state index is 0.147. The first-order valence-corrected chi connectivity index (χ1v) is 7.87. The average Bonchev–Trinajstić information content (AvgIpc) is 2.80. The van der Waals surface area contributed by atoms with Gasteiger partial charge in [-0.3, -0.25) is 0 Å². The van der Waals surface area contributed by atoms with Crippen molar-refractivity contribution in [2.24, 2.45) is 0 Å². The Bertz CT molecular complexity index is 405. The zero-order valence-corrected chi connectivity index (χ0v) is 13.3. The van der Waals surface area contributed by atoms with Gasteiger partial charge in [0.1, 0.15) is 0 Å². The van der Waals surface area contributed by atoms with E-state index < -0.39 is 0 Å². The second-order valence-electron chi connectivity index (χ2n) is 5.92. The lowest BCUT2D eigenvalue weighted by atomic mass is 10.1. The molecular formula is C14H25N3OS. The Morgan fingerprint density at radius 1 is 1.32 bits per heavy atom. The quantitative estimate of drug-likeness (QED) is 0.921. The second-order valence-corrected chi connectivity index (χ2v) is 6.98. The van der Waals surface area contributed by atoms with Crippen LogP contribution in [0.2, 0.25) is 0 Å². The molecule has 5 heteroatoms. The fourth-order valence-corrected chi connectivity index (χ4v) is 3.16. The van der Waals surface area contributed by atoms with Crippen molar-refractivity contribution in [3.8, 4) is 0 Å². The van der Waals surface area contributed by atoms with Crippen LogP contribution in [0.1, 0.15) is 38.3 Å². The van der Waals surface area contributed by atoms with Gasteiger partial charge >= 0.3 is 0 Å². The summed E-state index contributed by atoms with van der Waals surface area (Å²) in [5.41, 5.74) is 1.39. The standard InChI is InChI=1S/C14H25N3OS/c1-5-11-12(10-15-14(2,3)4)19-13(16-11)17-6-8-18-9-7-17/h15H,5-10H2,1-4H3. The first kappa shape index (κ1) is 14.8. The summed E-state index contributed by atoms with van der Waals surface area (Å²) >= 11 is 1.83. The molecule has 1 N–H and O–H groups in total. The van der Waals surface area contributed by atoms with Crippen LogP contribution < -0.4 is 10.2 Å². The minimum Gasteiger partial charge on any atom is -0.378 e. The molecule has 0 aromatic carbocycles. The first-order chi connectivity index (χ1) is 8.99. The summed E-state index contributed by atoms with van der Waals surface area (Å²) in [7, 11) is 0. The number of aromatic nitrogens is 1. The summed E-state index contributed by atoms with van der Waals surface area (Å²) in [6, 6.07) is 0. The summed E-state index contributed by atoms with van der Waals surface area (Å²) in [6.07, 6.45) is 1.00. The summed E-state index contributed by atoms with van der Waals surface area (Å²) in [5, 5.41) is 4.71. The number of ether oxygens (including phenoxy) is 1. The van der Waals surface area contributed by atoms with Crippen molar-refractivity contribution in [1.82, 2.24) is 10.3 Å². The molecule has 0 unspecified atom stereocenters. The van der Waals surface area contributed by atoms with Gasteiger partial charge in [0.15, 0.2) is 5.13 Å². The maximum absolute atomic E-state index is 5.40. The number of aryl methyl sites for hydroxylation is 1. The van der Waals surface area contributed by atoms with Gasteiger partial charge in [-0.25, -0.2) is 4.98 Å². The predicted molar refractivity (Wildman–Crippen MR) is 81.1 cm³/mol. The Hall–Kier alpha value is -0.650. The molecular weight excluding hydrogens is 258 g/mol. The zero-order valence-electron chi connectivity index (χ0n) is 12.5. The van der Waals surface area contributed by atoms with E-state index in [9.17, 15) is 0 Å². The Morgan fingerprint density at radius 2 is 2.00 bits per heavy atom. The molecule has 1 aromatic heterocycles. The molecule has 19 heavy (non-hydrogen) atoms. The van der Waals surface area contributed by atoms with Gasteiger partial charge in [0.25, 0.3) is 0 Å². The molecule has 0 spiro atoms. The first-order valence-electron chi connectivity index (χ1n) is 7.06. The summed E-state index contributed by atoms with van der Waals surface area (Å²) in [5.74, 6) is 0. The van der Waals surface area contributed by atoms with Gasteiger partial charge < -0.3 is 15.0 Å². The third-order valence-corrected chi connectivity index (χ3v) is 4.32. The van der Waals surface area contributed by atoms with Gasteiger partial charge in [-0.05, 0) is 27.2 Å². The lowest BCUT2D eigenvalue weighted by molar-refractivity contribution is 0.122. The Balaban J connectivity index is 2.07. The number of rotatable bonds is 4. The van der Waals surface area contributed by atoms with E-state index in [1.165, 1.54) is 10.6 Å². The van der Waals surface area contributed by atoms with Gasteiger partial charge in [0.05, 0.1) is 18.9 Å². The average molecular weight is 283 g/mol. The molecule has 1 saturated heterocycles. The van der Waals surface area contributed by atoms with E-state index in [0.717, 1.165) is 44.4 Å². The van der Waals surface area contributed by atoms with Crippen molar-refractivity contribution in [3.63, 3.8) is 0 Å². The predicted octanol–water partition coefficient (Wildman–Crippen LogP) is 2.43. The van der Waals surface area contributed by atoms with E-state index in [1.807, 2.05) is 11.3 Å². The highest BCUT2D eigenvalue weighted by Gasteiger charge is 2.18. The fourth-order valence-electron chi connectivity index (χ4n) is 2.02. The molecule has 0 bridgehead atoms. The topological polar surface area (TPSA) is 37.4 Å². The van der Waals surface area contributed by atoms with Crippen LogP contribution in [0.25, 0.3) is 0 Å². The second kappa shape index (κ2) is 6.20. The van der Waals surface area contributed by atoms with Gasteiger partial charge in [0, 0.05) is 30.1 Å². The van der Waals surface area contributed by atoms with Crippen molar-refractivity contribution >= 4 is 16.5 Å². The molecule has 0 saturated carbocycles. The van der Waals surface area contributed by atoms with E-state index in [0.29, 0.717) is 0 Å². The third-order valence-electron chi connectivity index (χ3n) is 3.16.